The number of fused-ring (bicyclic) bond motifs is 1. The van der Waals surface area contributed by atoms with Crippen LogP contribution in [0.3, 0.4) is 0 Å². The van der Waals surface area contributed by atoms with Crippen molar-refractivity contribution in [3.63, 3.8) is 0 Å². The molecule has 0 atom stereocenters. The Labute approximate surface area is 129 Å². The van der Waals surface area contributed by atoms with Crippen molar-refractivity contribution in [1.29, 1.82) is 0 Å². The van der Waals surface area contributed by atoms with Crippen LogP contribution >= 0.6 is 15.9 Å². The van der Waals surface area contributed by atoms with Gasteiger partial charge in [0.1, 0.15) is 5.52 Å². The molecule has 0 bridgehead atoms. The van der Waals surface area contributed by atoms with E-state index in [1.165, 1.54) is 4.68 Å². The van der Waals surface area contributed by atoms with Crippen molar-refractivity contribution in [2.45, 2.75) is 26.9 Å². The lowest BCUT2D eigenvalue weighted by Crippen LogP contribution is -2.26. The number of hydrogen-bond acceptors (Lipinski definition) is 4. The quantitative estimate of drug-likeness (QED) is 0.727. The summed E-state index contributed by atoms with van der Waals surface area (Å²) in [4.78, 5) is 12.6. The molecule has 108 valence electrons. The molecule has 0 saturated carbocycles. The van der Waals surface area contributed by atoms with Gasteiger partial charge in [0.25, 0.3) is 5.56 Å². The molecule has 0 unspecified atom stereocenters. The van der Waals surface area contributed by atoms with Crippen LogP contribution in [0.1, 0.15) is 18.2 Å². The van der Waals surface area contributed by atoms with E-state index in [2.05, 4.69) is 31.3 Å². The standard InChI is InChI=1S/C14H14BrN5O/c1-3-19-13-12(9(2)17-19)16-18-20(14(13)21)8-10-5-4-6-11(15)7-10/h4-7H,3,8H2,1-2H3. The summed E-state index contributed by atoms with van der Waals surface area (Å²) < 4.78 is 4.02. The largest absolute Gasteiger partial charge is 0.296 e. The minimum atomic E-state index is -0.164. The molecule has 3 aromatic rings. The SMILES string of the molecule is CCn1nc(C)c2nnn(Cc3cccc(Br)c3)c(=O)c21. The highest BCUT2D eigenvalue weighted by molar-refractivity contribution is 9.10. The van der Waals surface area contributed by atoms with Crippen molar-refractivity contribution in [2.75, 3.05) is 0 Å². The molecule has 0 radical (unpaired) electrons. The number of rotatable bonds is 3. The van der Waals surface area contributed by atoms with Gasteiger partial charge in [-0.05, 0) is 31.5 Å². The molecule has 21 heavy (non-hydrogen) atoms. The number of aromatic nitrogens is 5. The molecule has 7 heteroatoms. The fourth-order valence-corrected chi connectivity index (χ4v) is 2.75. The fourth-order valence-electron chi connectivity index (χ4n) is 2.31. The molecule has 0 fully saturated rings. The monoisotopic (exact) mass is 347 g/mol. The van der Waals surface area contributed by atoms with Gasteiger partial charge in [0, 0.05) is 11.0 Å². The summed E-state index contributed by atoms with van der Waals surface area (Å²) in [6, 6.07) is 7.78. The average molecular weight is 348 g/mol. The first kappa shape index (κ1) is 13.9. The topological polar surface area (TPSA) is 65.6 Å². The maximum Gasteiger partial charge on any atom is 0.296 e. The molecule has 0 aliphatic heterocycles. The average Bonchev–Trinajstić information content (AvgIpc) is 2.79. The van der Waals surface area contributed by atoms with Gasteiger partial charge in [-0.1, -0.05) is 33.3 Å². The van der Waals surface area contributed by atoms with Crippen LogP contribution < -0.4 is 5.56 Å². The maximum atomic E-state index is 12.6. The number of hydrogen-bond donors (Lipinski definition) is 0. The predicted octanol–water partition coefficient (Wildman–Crippen LogP) is 2.13. The van der Waals surface area contributed by atoms with Gasteiger partial charge in [0.15, 0.2) is 5.52 Å². The van der Waals surface area contributed by atoms with Crippen LogP contribution in [0, 0.1) is 6.92 Å². The second kappa shape index (κ2) is 5.40. The van der Waals surface area contributed by atoms with Crippen LogP contribution in [-0.4, -0.2) is 24.8 Å². The molecule has 2 heterocycles. The van der Waals surface area contributed by atoms with E-state index in [0.29, 0.717) is 24.1 Å². The Morgan fingerprint density at radius 1 is 1.29 bits per heavy atom. The lowest BCUT2D eigenvalue weighted by Gasteiger charge is -2.05. The normalized spacial score (nSPS) is 11.2. The summed E-state index contributed by atoms with van der Waals surface area (Å²) in [5.41, 5.74) is 2.64. The zero-order valence-corrected chi connectivity index (χ0v) is 13.3. The minimum Gasteiger partial charge on any atom is -0.265 e. The Morgan fingerprint density at radius 3 is 2.81 bits per heavy atom. The Morgan fingerprint density at radius 2 is 2.10 bits per heavy atom. The van der Waals surface area contributed by atoms with E-state index in [1.54, 1.807) is 4.68 Å². The Kier molecular flexibility index (Phi) is 3.59. The van der Waals surface area contributed by atoms with Crippen LogP contribution in [0.5, 0.6) is 0 Å². The summed E-state index contributed by atoms with van der Waals surface area (Å²) in [6.07, 6.45) is 0. The highest BCUT2D eigenvalue weighted by atomic mass is 79.9. The van der Waals surface area contributed by atoms with Crippen LogP contribution in [-0.2, 0) is 13.1 Å². The van der Waals surface area contributed by atoms with Gasteiger partial charge in [-0.25, -0.2) is 4.68 Å². The Bertz CT molecular complexity index is 867. The van der Waals surface area contributed by atoms with Gasteiger partial charge in [0.2, 0.25) is 0 Å². The van der Waals surface area contributed by atoms with Crippen LogP contribution in [0.25, 0.3) is 11.0 Å². The van der Waals surface area contributed by atoms with Crippen molar-refractivity contribution in [1.82, 2.24) is 24.8 Å². The van der Waals surface area contributed by atoms with Gasteiger partial charge in [0.05, 0.1) is 12.2 Å². The number of nitrogens with zero attached hydrogens (tertiary/aromatic N) is 5. The third-order valence-electron chi connectivity index (χ3n) is 3.31. The number of halogens is 1. The summed E-state index contributed by atoms with van der Waals surface area (Å²) in [6.45, 7) is 4.79. The van der Waals surface area contributed by atoms with Crippen molar-refractivity contribution < 1.29 is 0 Å². The molecular formula is C14H14BrN5O. The Hall–Kier alpha value is -2.02. The van der Waals surface area contributed by atoms with Crippen molar-refractivity contribution in [3.8, 4) is 0 Å². The van der Waals surface area contributed by atoms with E-state index in [9.17, 15) is 4.79 Å². The first-order chi connectivity index (χ1) is 10.1. The van der Waals surface area contributed by atoms with E-state index in [0.717, 1.165) is 15.7 Å². The molecule has 0 aliphatic carbocycles. The smallest absolute Gasteiger partial charge is 0.265 e. The van der Waals surface area contributed by atoms with Crippen molar-refractivity contribution in [2.24, 2.45) is 0 Å². The lowest BCUT2D eigenvalue weighted by atomic mass is 10.2. The van der Waals surface area contributed by atoms with E-state index in [-0.39, 0.29) is 5.56 Å². The molecule has 2 aromatic heterocycles. The summed E-state index contributed by atoms with van der Waals surface area (Å²) in [5.74, 6) is 0. The third-order valence-corrected chi connectivity index (χ3v) is 3.80. The molecule has 1 aromatic carbocycles. The second-order valence-electron chi connectivity index (χ2n) is 4.78. The molecular weight excluding hydrogens is 334 g/mol. The number of benzene rings is 1. The summed E-state index contributed by atoms with van der Waals surface area (Å²) in [5, 5.41) is 12.5. The molecule has 0 amide bonds. The van der Waals surface area contributed by atoms with Crippen molar-refractivity contribution in [3.05, 3.63) is 50.3 Å². The molecule has 0 N–H and O–H groups in total. The molecule has 0 aliphatic rings. The lowest BCUT2D eigenvalue weighted by molar-refractivity contribution is 0.591. The molecule has 6 nitrogen and oxygen atoms in total. The van der Waals surface area contributed by atoms with Gasteiger partial charge in [-0.2, -0.15) is 5.10 Å². The third kappa shape index (κ3) is 2.49. The summed E-state index contributed by atoms with van der Waals surface area (Å²) >= 11 is 3.42. The predicted molar refractivity (Wildman–Crippen MR) is 83.2 cm³/mol. The maximum absolute atomic E-state index is 12.6. The zero-order chi connectivity index (χ0) is 15.0. The van der Waals surface area contributed by atoms with E-state index < -0.39 is 0 Å². The van der Waals surface area contributed by atoms with Crippen LogP contribution in [0.4, 0.5) is 0 Å². The molecule has 0 saturated heterocycles. The highest BCUT2D eigenvalue weighted by Gasteiger charge is 2.14. The minimum absolute atomic E-state index is 0.164. The summed E-state index contributed by atoms with van der Waals surface area (Å²) in [7, 11) is 0. The van der Waals surface area contributed by atoms with Gasteiger partial charge in [-0.15, -0.1) is 5.10 Å². The van der Waals surface area contributed by atoms with Gasteiger partial charge in [-0.3, -0.25) is 9.48 Å². The van der Waals surface area contributed by atoms with Gasteiger partial charge >= 0.3 is 0 Å². The number of aryl methyl sites for hydroxylation is 2. The van der Waals surface area contributed by atoms with E-state index in [1.807, 2.05) is 38.1 Å². The zero-order valence-electron chi connectivity index (χ0n) is 11.7. The van der Waals surface area contributed by atoms with E-state index >= 15 is 0 Å². The highest BCUT2D eigenvalue weighted by Crippen LogP contribution is 2.13. The molecule has 0 spiro atoms. The van der Waals surface area contributed by atoms with Gasteiger partial charge < -0.3 is 0 Å². The first-order valence-corrected chi connectivity index (χ1v) is 7.45. The molecule has 3 rings (SSSR count). The van der Waals surface area contributed by atoms with Crippen LogP contribution in [0.15, 0.2) is 33.5 Å². The van der Waals surface area contributed by atoms with Crippen LogP contribution in [0.2, 0.25) is 0 Å². The second-order valence-corrected chi connectivity index (χ2v) is 5.70. The fraction of sp³-hybridized carbons (Fsp3) is 0.286. The van der Waals surface area contributed by atoms with Crippen molar-refractivity contribution >= 4 is 27.0 Å². The first-order valence-electron chi connectivity index (χ1n) is 6.65. The van der Waals surface area contributed by atoms with E-state index in [4.69, 9.17) is 0 Å². The Balaban J connectivity index is 2.12.